The topological polar surface area (TPSA) is 65.5 Å². The molecule has 0 radical (unpaired) electrons. The number of hydrogen-bond donors (Lipinski definition) is 1. The number of aromatic nitrogens is 1. The summed E-state index contributed by atoms with van der Waals surface area (Å²) in [4.78, 5) is 31.5. The van der Waals surface area contributed by atoms with E-state index in [4.69, 9.17) is 0 Å². The van der Waals surface area contributed by atoms with Crippen molar-refractivity contribution in [1.29, 1.82) is 0 Å². The minimum absolute atomic E-state index is 0.0262. The molecule has 2 aliphatic heterocycles. The zero-order chi connectivity index (χ0) is 13.9. The van der Waals surface area contributed by atoms with Gasteiger partial charge >= 0.3 is 12.1 Å². The Bertz CT molecular complexity index is 505. The quantitative estimate of drug-likeness (QED) is 0.848. The molecule has 3 heterocycles. The fourth-order valence-corrected chi connectivity index (χ4v) is 2.89. The van der Waals surface area contributed by atoms with Crippen molar-refractivity contribution in [3.8, 4) is 0 Å². The van der Waals surface area contributed by atoms with Crippen LogP contribution in [0, 0.1) is 0 Å². The monoisotopic (exact) mass is 274 g/mol. The van der Waals surface area contributed by atoms with Crippen LogP contribution >= 0.6 is 0 Å². The van der Waals surface area contributed by atoms with Gasteiger partial charge in [0.25, 0.3) is 0 Å². The van der Waals surface area contributed by atoms with Gasteiger partial charge in [-0.2, -0.15) is 0 Å². The summed E-state index contributed by atoms with van der Waals surface area (Å²) in [6.45, 7) is 1.69. The molecule has 0 spiro atoms. The average molecular weight is 274 g/mol. The Morgan fingerprint density at radius 1 is 1.35 bits per heavy atom. The lowest BCUT2D eigenvalue weighted by molar-refractivity contribution is 0.126. The van der Waals surface area contributed by atoms with Gasteiger partial charge in [0.2, 0.25) is 0 Å². The molecule has 2 fully saturated rings. The third-order valence-corrected chi connectivity index (χ3v) is 3.91. The Kier molecular flexibility index (Phi) is 3.54. The third kappa shape index (κ3) is 2.33. The lowest BCUT2D eigenvalue weighted by atomic mass is 9.97. The Hall–Kier alpha value is -2.11. The molecular weight excluding hydrogens is 256 g/mol. The lowest BCUT2D eigenvalue weighted by Gasteiger charge is -2.37. The molecule has 1 aromatic heterocycles. The predicted octanol–water partition coefficient (Wildman–Crippen LogP) is 1.75. The van der Waals surface area contributed by atoms with Crippen molar-refractivity contribution in [2.75, 3.05) is 19.6 Å². The Balaban J connectivity index is 1.82. The summed E-state index contributed by atoms with van der Waals surface area (Å²) in [7, 11) is 0. The molecule has 106 valence electrons. The van der Waals surface area contributed by atoms with Crippen molar-refractivity contribution in [2.45, 2.75) is 25.3 Å². The summed E-state index contributed by atoms with van der Waals surface area (Å²) in [6, 6.07) is 3.43. The first kappa shape index (κ1) is 12.9. The standard InChI is InChI=1S/C14H18N4O2/c19-13-16-7-9-18(13)14(20)17-8-2-1-5-12(17)11-4-3-6-15-10-11/h3-4,6,10,12H,1-2,5,7-9H2,(H,16,19). The van der Waals surface area contributed by atoms with Gasteiger partial charge in [-0.1, -0.05) is 6.07 Å². The minimum Gasteiger partial charge on any atom is -0.336 e. The van der Waals surface area contributed by atoms with Crippen LogP contribution in [0.1, 0.15) is 30.9 Å². The molecule has 6 nitrogen and oxygen atoms in total. The van der Waals surface area contributed by atoms with E-state index in [9.17, 15) is 9.59 Å². The average Bonchev–Trinajstić information content (AvgIpc) is 2.93. The van der Waals surface area contributed by atoms with Gasteiger partial charge < -0.3 is 10.2 Å². The maximum Gasteiger partial charge on any atom is 0.328 e. The van der Waals surface area contributed by atoms with Crippen LogP contribution in [0.4, 0.5) is 9.59 Å². The van der Waals surface area contributed by atoms with Gasteiger partial charge in [-0.15, -0.1) is 0 Å². The molecule has 2 aliphatic rings. The zero-order valence-corrected chi connectivity index (χ0v) is 11.3. The maximum absolute atomic E-state index is 12.6. The second kappa shape index (κ2) is 5.48. The number of pyridine rings is 1. The highest BCUT2D eigenvalue weighted by atomic mass is 16.2. The van der Waals surface area contributed by atoms with Crippen molar-refractivity contribution in [2.24, 2.45) is 0 Å². The molecule has 1 aromatic rings. The highest BCUT2D eigenvalue weighted by Gasteiger charge is 2.35. The maximum atomic E-state index is 12.6. The molecule has 1 N–H and O–H groups in total. The van der Waals surface area contributed by atoms with Crippen molar-refractivity contribution in [3.63, 3.8) is 0 Å². The molecule has 2 saturated heterocycles. The van der Waals surface area contributed by atoms with E-state index in [1.54, 1.807) is 12.4 Å². The van der Waals surface area contributed by atoms with E-state index in [0.29, 0.717) is 19.6 Å². The molecule has 0 aromatic carbocycles. The summed E-state index contributed by atoms with van der Waals surface area (Å²) < 4.78 is 0. The van der Waals surface area contributed by atoms with Gasteiger partial charge in [-0.25, -0.2) is 14.5 Å². The third-order valence-electron chi connectivity index (χ3n) is 3.91. The SMILES string of the molecule is O=C1NCCN1C(=O)N1CCCCC1c1cccnc1. The van der Waals surface area contributed by atoms with E-state index >= 15 is 0 Å². The smallest absolute Gasteiger partial charge is 0.328 e. The van der Waals surface area contributed by atoms with Gasteiger partial charge in [0, 0.05) is 32.0 Å². The molecule has 1 atom stereocenters. The van der Waals surface area contributed by atoms with Gasteiger partial charge in [-0.3, -0.25) is 4.98 Å². The Labute approximate surface area is 117 Å². The molecule has 6 heteroatoms. The summed E-state index contributed by atoms with van der Waals surface area (Å²) >= 11 is 0. The van der Waals surface area contributed by atoms with E-state index in [0.717, 1.165) is 24.8 Å². The normalized spacial score (nSPS) is 22.8. The van der Waals surface area contributed by atoms with Crippen LogP contribution in [-0.4, -0.2) is 46.5 Å². The summed E-state index contributed by atoms with van der Waals surface area (Å²) in [5.74, 6) is 0. The predicted molar refractivity (Wildman–Crippen MR) is 73.0 cm³/mol. The van der Waals surface area contributed by atoms with Crippen LogP contribution in [0.2, 0.25) is 0 Å². The first-order valence-corrected chi connectivity index (χ1v) is 7.03. The number of imide groups is 1. The molecule has 20 heavy (non-hydrogen) atoms. The highest BCUT2D eigenvalue weighted by molar-refractivity contribution is 5.95. The van der Waals surface area contributed by atoms with E-state index in [1.807, 2.05) is 17.0 Å². The first-order valence-electron chi connectivity index (χ1n) is 7.03. The molecule has 0 bridgehead atoms. The second-order valence-electron chi connectivity index (χ2n) is 5.16. The minimum atomic E-state index is -0.287. The second-order valence-corrected chi connectivity index (χ2v) is 5.16. The van der Waals surface area contributed by atoms with Crippen LogP contribution in [0.3, 0.4) is 0 Å². The van der Waals surface area contributed by atoms with Gasteiger partial charge in [0.05, 0.1) is 6.04 Å². The number of urea groups is 2. The molecule has 4 amide bonds. The summed E-state index contributed by atoms with van der Waals surface area (Å²) in [6.07, 6.45) is 6.53. The number of hydrogen-bond acceptors (Lipinski definition) is 3. The van der Waals surface area contributed by atoms with Crippen LogP contribution < -0.4 is 5.32 Å². The van der Waals surface area contributed by atoms with Crippen molar-refractivity contribution < 1.29 is 9.59 Å². The molecule has 0 aliphatic carbocycles. The number of nitrogens with one attached hydrogen (secondary N) is 1. The largest absolute Gasteiger partial charge is 0.336 e. The van der Waals surface area contributed by atoms with Crippen molar-refractivity contribution >= 4 is 12.1 Å². The van der Waals surface area contributed by atoms with Gasteiger partial charge in [0.15, 0.2) is 0 Å². The van der Waals surface area contributed by atoms with Crippen LogP contribution in [-0.2, 0) is 0 Å². The summed E-state index contributed by atoms with van der Waals surface area (Å²) in [5.41, 5.74) is 1.04. The van der Waals surface area contributed by atoms with E-state index in [1.165, 1.54) is 4.90 Å². The van der Waals surface area contributed by atoms with Gasteiger partial charge in [0.1, 0.15) is 0 Å². The molecule has 1 unspecified atom stereocenters. The number of amides is 4. The molecule has 3 rings (SSSR count). The number of nitrogens with zero attached hydrogens (tertiary/aromatic N) is 3. The van der Waals surface area contributed by atoms with Crippen molar-refractivity contribution in [1.82, 2.24) is 20.1 Å². The van der Waals surface area contributed by atoms with Crippen molar-refractivity contribution in [3.05, 3.63) is 30.1 Å². The Morgan fingerprint density at radius 2 is 2.25 bits per heavy atom. The summed E-state index contributed by atoms with van der Waals surface area (Å²) in [5, 5.41) is 2.67. The lowest BCUT2D eigenvalue weighted by Crippen LogP contribution is -2.48. The van der Waals surface area contributed by atoms with Gasteiger partial charge in [-0.05, 0) is 30.9 Å². The Morgan fingerprint density at radius 3 is 2.95 bits per heavy atom. The molecular formula is C14H18N4O2. The highest BCUT2D eigenvalue weighted by Crippen LogP contribution is 2.31. The number of carbonyl (C=O) groups is 2. The van der Waals surface area contributed by atoms with E-state index in [2.05, 4.69) is 10.3 Å². The molecule has 0 saturated carbocycles. The number of carbonyl (C=O) groups excluding carboxylic acids is 2. The zero-order valence-electron chi connectivity index (χ0n) is 11.3. The van der Waals surface area contributed by atoms with E-state index in [-0.39, 0.29) is 18.1 Å². The fourth-order valence-electron chi connectivity index (χ4n) is 2.89. The fraction of sp³-hybridized carbons (Fsp3) is 0.500. The number of likely N-dealkylation sites (tertiary alicyclic amines) is 1. The first-order chi connectivity index (χ1) is 9.77. The number of piperidine rings is 1. The van der Waals surface area contributed by atoms with Crippen LogP contribution in [0.15, 0.2) is 24.5 Å². The number of rotatable bonds is 1. The van der Waals surface area contributed by atoms with Crippen LogP contribution in [0.25, 0.3) is 0 Å². The van der Waals surface area contributed by atoms with Crippen LogP contribution in [0.5, 0.6) is 0 Å². The van der Waals surface area contributed by atoms with E-state index < -0.39 is 0 Å².